The smallest absolute Gasteiger partial charge is 0.169 e. The molecule has 2 rings (SSSR count). The summed E-state index contributed by atoms with van der Waals surface area (Å²) in [4.78, 5) is 0. The highest BCUT2D eigenvalue weighted by molar-refractivity contribution is 9.10. The summed E-state index contributed by atoms with van der Waals surface area (Å²) in [6.07, 6.45) is 0. The highest BCUT2D eigenvalue weighted by Crippen LogP contribution is 2.25. The first-order chi connectivity index (χ1) is 8.58. The lowest BCUT2D eigenvalue weighted by Crippen LogP contribution is -2.20. The fraction of sp³-hybridized carbons (Fsp3) is 0.167. The average Bonchev–Trinajstić information content (AvgIpc) is 2.71. The van der Waals surface area contributed by atoms with E-state index in [-0.39, 0.29) is 6.04 Å². The summed E-state index contributed by atoms with van der Waals surface area (Å²) in [5.41, 5.74) is 6.23. The van der Waals surface area contributed by atoms with E-state index < -0.39 is 5.82 Å². The van der Waals surface area contributed by atoms with Crippen LogP contribution in [0.25, 0.3) is 0 Å². The van der Waals surface area contributed by atoms with Gasteiger partial charge in [0.1, 0.15) is 11.6 Å². The van der Waals surface area contributed by atoms with Gasteiger partial charge >= 0.3 is 0 Å². The summed E-state index contributed by atoms with van der Waals surface area (Å²) >= 11 is 9.01. The van der Waals surface area contributed by atoms with Gasteiger partial charge in [0.25, 0.3) is 0 Å². The molecule has 3 N–H and O–H groups in total. The van der Waals surface area contributed by atoms with Crippen LogP contribution in [-0.4, -0.2) is 6.54 Å². The van der Waals surface area contributed by atoms with Crippen LogP contribution in [0.3, 0.4) is 0 Å². The van der Waals surface area contributed by atoms with Gasteiger partial charge in [-0.1, -0.05) is 11.6 Å². The predicted octanol–water partition coefficient (Wildman–Crippen LogP) is 3.95. The second kappa shape index (κ2) is 5.73. The summed E-state index contributed by atoms with van der Waals surface area (Å²) in [7, 11) is 0. The Balaban J connectivity index is 2.20. The molecule has 0 amide bonds. The Hall–Kier alpha value is -1.04. The molecule has 0 saturated carbocycles. The number of benzene rings is 1. The van der Waals surface area contributed by atoms with Gasteiger partial charge < -0.3 is 15.5 Å². The van der Waals surface area contributed by atoms with Gasteiger partial charge in [-0.25, -0.2) is 4.39 Å². The summed E-state index contributed by atoms with van der Waals surface area (Å²) < 4.78 is 19.2. The van der Waals surface area contributed by atoms with Gasteiger partial charge in [-0.05, 0) is 46.3 Å². The molecule has 1 heterocycles. The minimum absolute atomic E-state index is 0.242. The third kappa shape index (κ3) is 3.25. The summed E-state index contributed by atoms with van der Waals surface area (Å²) in [5, 5.41) is 3.40. The van der Waals surface area contributed by atoms with Crippen molar-refractivity contribution in [3.63, 3.8) is 0 Å². The molecule has 2 aromatic rings. The zero-order valence-corrected chi connectivity index (χ0v) is 11.6. The molecule has 0 saturated heterocycles. The summed E-state index contributed by atoms with van der Waals surface area (Å²) in [5.74, 6) is 0.270. The fourth-order valence-corrected chi connectivity index (χ4v) is 2.14. The lowest BCUT2D eigenvalue weighted by atomic mass is 10.2. The zero-order chi connectivity index (χ0) is 13.1. The van der Waals surface area contributed by atoms with E-state index in [9.17, 15) is 4.39 Å². The maximum atomic E-state index is 13.2. The molecule has 3 nitrogen and oxygen atoms in total. The molecule has 0 bridgehead atoms. The number of nitrogens with two attached hydrogens (primary N) is 1. The molecular formula is C12H11BrClFN2O. The minimum atomic E-state index is -0.401. The second-order valence-electron chi connectivity index (χ2n) is 3.73. The van der Waals surface area contributed by atoms with Crippen LogP contribution in [0.1, 0.15) is 11.8 Å². The van der Waals surface area contributed by atoms with Crippen molar-refractivity contribution in [2.75, 3.05) is 11.9 Å². The molecule has 0 aliphatic carbocycles. The summed E-state index contributed by atoms with van der Waals surface area (Å²) in [6.45, 7) is 0.314. The number of furan rings is 1. The van der Waals surface area contributed by atoms with Gasteiger partial charge in [-0.2, -0.15) is 0 Å². The van der Waals surface area contributed by atoms with Gasteiger partial charge in [0.15, 0.2) is 4.67 Å². The monoisotopic (exact) mass is 332 g/mol. The van der Waals surface area contributed by atoms with Crippen LogP contribution in [0.4, 0.5) is 10.1 Å². The van der Waals surface area contributed by atoms with Gasteiger partial charge in [0.05, 0.1) is 6.04 Å². The molecule has 0 aliphatic heterocycles. The third-order valence-electron chi connectivity index (χ3n) is 2.38. The maximum Gasteiger partial charge on any atom is 0.169 e. The molecular weight excluding hydrogens is 322 g/mol. The highest BCUT2D eigenvalue weighted by Gasteiger charge is 2.14. The minimum Gasteiger partial charge on any atom is -0.452 e. The van der Waals surface area contributed by atoms with Crippen LogP contribution in [0.5, 0.6) is 0 Å². The Kier molecular flexibility index (Phi) is 4.27. The molecule has 6 heteroatoms. The SMILES string of the molecule is NCC(Nc1cc(F)cc(Cl)c1)c1ccc(Br)o1. The van der Waals surface area contributed by atoms with E-state index in [1.54, 1.807) is 18.2 Å². The Morgan fingerprint density at radius 1 is 1.39 bits per heavy atom. The van der Waals surface area contributed by atoms with E-state index in [1.165, 1.54) is 12.1 Å². The van der Waals surface area contributed by atoms with Crippen LogP contribution < -0.4 is 11.1 Å². The Bertz CT molecular complexity index is 526. The number of hydrogen-bond donors (Lipinski definition) is 2. The highest BCUT2D eigenvalue weighted by atomic mass is 79.9. The van der Waals surface area contributed by atoms with E-state index >= 15 is 0 Å². The first kappa shape index (κ1) is 13.4. The molecule has 1 atom stereocenters. The van der Waals surface area contributed by atoms with E-state index in [0.717, 1.165) is 0 Å². The van der Waals surface area contributed by atoms with Crippen LogP contribution >= 0.6 is 27.5 Å². The fourth-order valence-electron chi connectivity index (χ4n) is 1.60. The van der Waals surface area contributed by atoms with Crippen molar-refractivity contribution in [2.45, 2.75) is 6.04 Å². The Morgan fingerprint density at radius 2 is 2.17 bits per heavy atom. The molecule has 0 radical (unpaired) electrons. The third-order valence-corrected chi connectivity index (χ3v) is 3.02. The lowest BCUT2D eigenvalue weighted by Gasteiger charge is -2.16. The molecule has 18 heavy (non-hydrogen) atoms. The molecule has 1 aromatic heterocycles. The molecule has 0 fully saturated rings. The van der Waals surface area contributed by atoms with Crippen molar-refractivity contribution in [3.8, 4) is 0 Å². The number of nitrogens with one attached hydrogen (secondary N) is 1. The van der Waals surface area contributed by atoms with Crippen molar-refractivity contribution in [3.05, 3.63) is 51.6 Å². The van der Waals surface area contributed by atoms with Gasteiger partial charge in [-0.15, -0.1) is 0 Å². The number of hydrogen-bond acceptors (Lipinski definition) is 3. The standard InChI is InChI=1S/C12H11BrClFN2O/c13-12-2-1-11(18-12)10(6-16)17-9-4-7(14)3-8(15)5-9/h1-5,10,17H,6,16H2. The van der Waals surface area contributed by atoms with Gasteiger partial charge in [0, 0.05) is 17.3 Å². The molecule has 0 aliphatic rings. The van der Waals surface area contributed by atoms with Gasteiger partial charge in [-0.3, -0.25) is 0 Å². The molecule has 1 aromatic carbocycles. The predicted molar refractivity (Wildman–Crippen MR) is 73.2 cm³/mol. The van der Waals surface area contributed by atoms with Crippen molar-refractivity contribution < 1.29 is 8.81 Å². The molecule has 96 valence electrons. The first-order valence-corrected chi connectivity index (χ1v) is 6.43. The van der Waals surface area contributed by atoms with E-state index in [2.05, 4.69) is 21.2 Å². The van der Waals surface area contributed by atoms with Gasteiger partial charge in [0.2, 0.25) is 0 Å². The number of halogens is 3. The lowest BCUT2D eigenvalue weighted by molar-refractivity contribution is 0.463. The van der Waals surface area contributed by atoms with Crippen molar-refractivity contribution in [2.24, 2.45) is 5.73 Å². The zero-order valence-electron chi connectivity index (χ0n) is 9.29. The van der Waals surface area contributed by atoms with E-state index in [0.29, 0.717) is 27.7 Å². The van der Waals surface area contributed by atoms with Crippen LogP contribution in [0.2, 0.25) is 5.02 Å². The van der Waals surface area contributed by atoms with Crippen molar-refractivity contribution >= 4 is 33.2 Å². The maximum absolute atomic E-state index is 13.2. The average molecular weight is 334 g/mol. The van der Waals surface area contributed by atoms with E-state index in [4.69, 9.17) is 21.8 Å². The van der Waals surface area contributed by atoms with Crippen LogP contribution in [0.15, 0.2) is 39.4 Å². The van der Waals surface area contributed by atoms with Crippen LogP contribution in [-0.2, 0) is 0 Å². The molecule has 0 spiro atoms. The normalized spacial score (nSPS) is 12.4. The number of rotatable bonds is 4. The van der Waals surface area contributed by atoms with Crippen LogP contribution in [0, 0.1) is 5.82 Å². The van der Waals surface area contributed by atoms with Crippen molar-refractivity contribution in [1.82, 2.24) is 0 Å². The number of anilines is 1. The molecule has 1 unspecified atom stereocenters. The topological polar surface area (TPSA) is 51.2 Å². The van der Waals surface area contributed by atoms with Crippen molar-refractivity contribution in [1.29, 1.82) is 0 Å². The first-order valence-electron chi connectivity index (χ1n) is 5.26. The quantitative estimate of drug-likeness (QED) is 0.891. The van der Waals surface area contributed by atoms with E-state index in [1.807, 2.05) is 0 Å². The second-order valence-corrected chi connectivity index (χ2v) is 4.95. The largest absolute Gasteiger partial charge is 0.452 e. The summed E-state index contributed by atoms with van der Waals surface area (Å²) in [6, 6.07) is 7.56. The Labute approximate surface area is 117 Å². The Morgan fingerprint density at radius 3 is 2.72 bits per heavy atom.